The largest absolute Gasteiger partial charge is 0.493 e. The molecule has 0 atom stereocenters. The van der Waals surface area contributed by atoms with Gasteiger partial charge in [-0.25, -0.2) is 0 Å². The van der Waals surface area contributed by atoms with E-state index >= 15 is 0 Å². The van der Waals surface area contributed by atoms with Crippen molar-refractivity contribution in [2.75, 3.05) is 6.61 Å². The van der Waals surface area contributed by atoms with E-state index in [1.165, 1.54) is 0 Å². The molecule has 0 aliphatic heterocycles. The second-order valence-electron chi connectivity index (χ2n) is 4.73. The van der Waals surface area contributed by atoms with E-state index in [0.717, 1.165) is 30.6 Å². The lowest BCUT2D eigenvalue weighted by Crippen LogP contribution is -2.13. The molecule has 0 aromatic heterocycles. The molecule has 0 radical (unpaired) electrons. The molecule has 2 nitrogen and oxygen atoms in total. The first kappa shape index (κ1) is 11.2. The molecule has 2 heteroatoms. The highest BCUT2D eigenvalue weighted by atomic mass is 16.5. The third kappa shape index (κ3) is 2.11. The van der Waals surface area contributed by atoms with Crippen molar-refractivity contribution in [2.45, 2.75) is 33.1 Å². The van der Waals surface area contributed by atoms with E-state index in [4.69, 9.17) is 4.74 Å². The molecule has 2 rings (SSSR count). The molecule has 0 N–H and O–H groups in total. The average molecular weight is 218 g/mol. The number of Topliss-reactive ketones (excluding diaryl/α,β-unsaturated/α-hetero) is 1. The van der Waals surface area contributed by atoms with Crippen LogP contribution in [0.2, 0.25) is 0 Å². The summed E-state index contributed by atoms with van der Waals surface area (Å²) >= 11 is 0. The predicted molar refractivity (Wildman–Crippen MR) is 63.9 cm³/mol. The van der Waals surface area contributed by atoms with Crippen LogP contribution in [0.3, 0.4) is 0 Å². The van der Waals surface area contributed by atoms with E-state index in [-0.39, 0.29) is 11.2 Å². The molecule has 1 aliphatic rings. The lowest BCUT2D eigenvalue weighted by Gasteiger charge is -2.12. The molecule has 0 bridgehead atoms. The maximum absolute atomic E-state index is 12.2. The zero-order chi connectivity index (χ0) is 11.6. The number of rotatable bonds is 5. The fourth-order valence-electron chi connectivity index (χ4n) is 1.73. The molecule has 0 saturated heterocycles. The maximum Gasteiger partial charge on any atom is 0.172 e. The van der Waals surface area contributed by atoms with Crippen LogP contribution in [0.25, 0.3) is 0 Å². The summed E-state index contributed by atoms with van der Waals surface area (Å²) in [6.07, 6.45) is 2.97. The van der Waals surface area contributed by atoms with E-state index in [0.29, 0.717) is 6.61 Å². The van der Waals surface area contributed by atoms with Crippen molar-refractivity contribution in [1.82, 2.24) is 0 Å². The van der Waals surface area contributed by atoms with Crippen molar-refractivity contribution < 1.29 is 9.53 Å². The quantitative estimate of drug-likeness (QED) is 0.707. The van der Waals surface area contributed by atoms with E-state index in [2.05, 4.69) is 6.92 Å². The Morgan fingerprint density at radius 3 is 2.69 bits per heavy atom. The minimum absolute atomic E-state index is 0.119. The summed E-state index contributed by atoms with van der Waals surface area (Å²) in [6.45, 7) is 4.76. The molecule has 1 aliphatic carbocycles. The first-order valence-corrected chi connectivity index (χ1v) is 5.94. The second kappa shape index (κ2) is 4.28. The molecule has 0 heterocycles. The molecule has 0 spiro atoms. The molecular formula is C14H18O2. The number of para-hydroxylation sites is 1. The summed E-state index contributed by atoms with van der Waals surface area (Å²) in [7, 11) is 0. The van der Waals surface area contributed by atoms with E-state index in [1.807, 2.05) is 31.2 Å². The average Bonchev–Trinajstić information content (AvgIpc) is 3.05. The van der Waals surface area contributed by atoms with Crippen LogP contribution in [0, 0.1) is 5.41 Å². The minimum Gasteiger partial charge on any atom is -0.493 e. The van der Waals surface area contributed by atoms with Gasteiger partial charge < -0.3 is 4.74 Å². The fourth-order valence-corrected chi connectivity index (χ4v) is 1.73. The third-order valence-electron chi connectivity index (χ3n) is 3.14. The summed E-state index contributed by atoms with van der Waals surface area (Å²) < 4.78 is 5.61. The summed E-state index contributed by atoms with van der Waals surface area (Å²) in [6, 6.07) is 7.57. The zero-order valence-electron chi connectivity index (χ0n) is 9.95. The van der Waals surface area contributed by atoms with Crippen molar-refractivity contribution in [3.05, 3.63) is 29.8 Å². The van der Waals surface area contributed by atoms with E-state index in [1.54, 1.807) is 0 Å². The first-order chi connectivity index (χ1) is 7.67. The normalized spacial score (nSPS) is 16.9. The topological polar surface area (TPSA) is 26.3 Å². The molecule has 16 heavy (non-hydrogen) atoms. The number of hydrogen-bond acceptors (Lipinski definition) is 2. The van der Waals surface area contributed by atoms with E-state index in [9.17, 15) is 4.79 Å². The van der Waals surface area contributed by atoms with Crippen molar-refractivity contribution in [3.8, 4) is 5.75 Å². The number of ketones is 1. The lowest BCUT2D eigenvalue weighted by atomic mass is 9.96. The molecule has 1 aromatic carbocycles. The smallest absolute Gasteiger partial charge is 0.172 e. The SMILES string of the molecule is CCCOc1ccccc1C(=O)C1(C)CC1. The van der Waals surface area contributed by atoms with Crippen molar-refractivity contribution in [2.24, 2.45) is 5.41 Å². The third-order valence-corrected chi connectivity index (χ3v) is 3.14. The summed E-state index contributed by atoms with van der Waals surface area (Å²) in [5, 5.41) is 0. The van der Waals surface area contributed by atoms with Gasteiger partial charge in [0.05, 0.1) is 12.2 Å². The summed E-state index contributed by atoms with van der Waals surface area (Å²) in [5.41, 5.74) is 0.627. The van der Waals surface area contributed by atoms with Gasteiger partial charge in [-0.15, -0.1) is 0 Å². The Morgan fingerprint density at radius 1 is 1.38 bits per heavy atom. The van der Waals surface area contributed by atoms with Gasteiger partial charge in [0.1, 0.15) is 5.75 Å². The first-order valence-electron chi connectivity index (χ1n) is 5.94. The van der Waals surface area contributed by atoms with Gasteiger partial charge >= 0.3 is 0 Å². The molecule has 1 saturated carbocycles. The molecule has 0 amide bonds. The molecule has 0 unspecified atom stereocenters. The van der Waals surface area contributed by atoms with Gasteiger partial charge in [-0.3, -0.25) is 4.79 Å². The molecule has 86 valence electrons. The Balaban J connectivity index is 2.22. The Bertz CT molecular complexity index is 391. The lowest BCUT2D eigenvalue weighted by molar-refractivity contribution is 0.0908. The van der Waals surface area contributed by atoms with Gasteiger partial charge in [0.25, 0.3) is 0 Å². The standard InChI is InChI=1S/C14H18O2/c1-3-10-16-12-7-5-4-6-11(12)13(15)14(2)8-9-14/h4-7H,3,8-10H2,1-2H3. The summed E-state index contributed by atoms with van der Waals surface area (Å²) in [4.78, 5) is 12.2. The Morgan fingerprint density at radius 2 is 2.06 bits per heavy atom. The molecule has 1 aromatic rings. The predicted octanol–water partition coefficient (Wildman–Crippen LogP) is 3.46. The van der Waals surface area contributed by atoms with Crippen LogP contribution in [0.5, 0.6) is 5.75 Å². The maximum atomic E-state index is 12.2. The number of carbonyl (C=O) groups is 1. The summed E-state index contributed by atoms with van der Waals surface area (Å²) in [5.74, 6) is 0.974. The fraction of sp³-hybridized carbons (Fsp3) is 0.500. The highest BCUT2D eigenvalue weighted by molar-refractivity contribution is 6.04. The Labute approximate surface area is 96.6 Å². The van der Waals surface area contributed by atoms with Crippen molar-refractivity contribution in [1.29, 1.82) is 0 Å². The van der Waals surface area contributed by atoms with Gasteiger partial charge in [0, 0.05) is 5.41 Å². The van der Waals surface area contributed by atoms with Crippen LogP contribution in [0.1, 0.15) is 43.5 Å². The van der Waals surface area contributed by atoms with Gasteiger partial charge in [-0.1, -0.05) is 26.0 Å². The highest BCUT2D eigenvalue weighted by Gasteiger charge is 2.45. The number of ether oxygens (including phenoxy) is 1. The monoisotopic (exact) mass is 218 g/mol. The van der Waals surface area contributed by atoms with Gasteiger partial charge in [0.15, 0.2) is 5.78 Å². The highest BCUT2D eigenvalue weighted by Crippen LogP contribution is 2.48. The number of hydrogen-bond donors (Lipinski definition) is 0. The van der Waals surface area contributed by atoms with Crippen LogP contribution in [-0.4, -0.2) is 12.4 Å². The number of carbonyl (C=O) groups excluding carboxylic acids is 1. The molecular weight excluding hydrogens is 200 g/mol. The van der Waals surface area contributed by atoms with Crippen molar-refractivity contribution >= 4 is 5.78 Å². The van der Waals surface area contributed by atoms with Crippen LogP contribution < -0.4 is 4.74 Å². The zero-order valence-corrected chi connectivity index (χ0v) is 9.95. The van der Waals surface area contributed by atoms with Crippen LogP contribution in [-0.2, 0) is 0 Å². The van der Waals surface area contributed by atoms with Crippen LogP contribution in [0.15, 0.2) is 24.3 Å². The second-order valence-corrected chi connectivity index (χ2v) is 4.73. The van der Waals surface area contributed by atoms with Gasteiger partial charge in [-0.05, 0) is 31.4 Å². The van der Waals surface area contributed by atoms with E-state index < -0.39 is 0 Å². The van der Waals surface area contributed by atoms with Gasteiger partial charge in [0.2, 0.25) is 0 Å². The molecule has 1 fully saturated rings. The Kier molecular flexibility index (Phi) is 2.99. The minimum atomic E-state index is -0.119. The van der Waals surface area contributed by atoms with Crippen LogP contribution in [0.4, 0.5) is 0 Å². The number of benzene rings is 1. The Hall–Kier alpha value is -1.31. The van der Waals surface area contributed by atoms with Crippen LogP contribution >= 0.6 is 0 Å². The van der Waals surface area contributed by atoms with Gasteiger partial charge in [-0.2, -0.15) is 0 Å². The van der Waals surface area contributed by atoms with Crippen molar-refractivity contribution in [3.63, 3.8) is 0 Å².